The topological polar surface area (TPSA) is 49.8 Å². The van der Waals surface area contributed by atoms with Crippen LogP contribution in [-0.4, -0.2) is 9.97 Å². The monoisotopic (exact) mass is 318 g/mol. The summed E-state index contributed by atoms with van der Waals surface area (Å²) >= 11 is 0. The molecular weight excluding hydrogens is 296 g/mol. The Kier molecular flexibility index (Phi) is 4.75. The van der Waals surface area contributed by atoms with Gasteiger partial charge in [-0.05, 0) is 42.2 Å². The van der Waals surface area contributed by atoms with Crippen LogP contribution in [0.25, 0.3) is 0 Å². The first-order valence-electron chi connectivity index (χ1n) is 8.15. The summed E-state index contributed by atoms with van der Waals surface area (Å²) in [5.41, 5.74) is 4.58. The van der Waals surface area contributed by atoms with Gasteiger partial charge >= 0.3 is 0 Å². The minimum absolute atomic E-state index is 0.441. The van der Waals surface area contributed by atoms with Crippen LogP contribution in [0.4, 0.5) is 23.1 Å². The maximum atomic E-state index is 4.57. The van der Waals surface area contributed by atoms with Gasteiger partial charge in [0.15, 0.2) is 0 Å². The highest BCUT2D eigenvalue weighted by atomic mass is 15.1. The molecule has 0 aliphatic rings. The summed E-state index contributed by atoms with van der Waals surface area (Å²) in [6.45, 7) is 6.50. The van der Waals surface area contributed by atoms with E-state index >= 15 is 0 Å². The van der Waals surface area contributed by atoms with Gasteiger partial charge in [-0.25, -0.2) is 4.98 Å². The molecule has 122 valence electrons. The van der Waals surface area contributed by atoms with E-state index in [4.69, 9.17) is 0 Å². The van der Waals surface area contributed by atoms with Crippen molar-refractivity contribution in [3.8, 4) is 0 Å². The number of para-hydroxylation sites is 2. The third-order valence-corrected chi connectivity index (χ3v) is 3.87. The number of rotatable bonds is 5. The maximum Gasteiger partial charge on any atom is 0.229 e. The summed E-state index contributed by atoms with van der Waals surface area (Å²) in [5, 5.41) is 6.68. The van der Waals surface area contributed by atoms with Crippen molar-refractivity contribution in [2.45, 2.75) is 26.7 Å². The molecule has 0 fully saturated rings. The second-order valence-corrected chi connectivity index (χ2v) is 6.08. The minimum atomic E-state index is 0.441. The lowest BCUT2D eigenvalue weighted by Crippen LogP contribution is -2.04. The molecule has 0 atom stereocenters. The van der Waals surface area contributed by atoms with Crippen LogP contribution in [0.15, 0.2) is 60.8 Å². The second kappa shape index (κ2) is 7.13. The van der Waals surface area contributed by atoms with E-state index in [-0.39, 0.29) is 0 Å². The van der Waals surface area contributed by atoms with Gasteiger partial charge in [-0.1, -0.05) is 50.2 Å². The summed E-state index contributed by atoms with van der Waals surface area (Å²) in [6.07, 6.45) is 1.76. The molecule has 0 radical (unpaired) electrons. The number of aryl methyl sites for hydroxylation is 1. The molecule has 0 bridgehead atoms. The standard InChI is InChI=1S/C20H22N4/c1-14(2)17-11-7-8-15(3)19(17)23-18-12-13-21-20(24-18)22-16-9-5-4-6-10-16/h4-14H,1-3H3,(H2,21,22,23,24). The maximum absolute atomic E-state index is 4.57. The number of aromatic nitrogens is 2. The normalized spacial score (nSPS) is 10.7. The van der Waals surface area contributed by atoms with Gasteiger partial charge in [-0.15, -0.1) is 0 Å². The first kappa shape index (κ1) is 16.0. The Morgan fingerprint density at radius 1 is 0.875 bits per heavy atom. The van der Waals surface area contributed by atoms with Crippen LogP contribution in [0.2, 0.25) is 0 Å². The van der Waals surface area contributed by atoms with E-state index in [1.165, 1.54) is 11.1 Å². The first-order valence-corrected chi connectivity index (χ1v) is 8.15. The lowest BCUT2D eigenvalue weighted by molar-refractivity contribution is 0.867. The molecule has 3 rings (SSSR count). The molecule has 0 aliphatic carbocycles. The Hall–Kier alpha value is -2.88. The van der Waals surface area contributed by atoms with Crippen LogP contribution in [0.5, 0.6) is 0 Å². The van der Waals surface area contributed by atoms with Gasteiger partial charge < -0.3 is 10.6 Å². The number of hydrogen-bond acceptors (Lipinski definition) is 4. The fourth-order valence-electron chi connectivity index (χ4n) is 2.61. The first-order chi connectivity index (χ1) is 11.6. The summed E-state index contributed by atoms with van der Waals surface area (Å²) < 4.78 is 0. The Morgan fingerprint density at radius 2 is 1.67 bits per heavy atom. The van der Waals surface area contributed by atoms with Gasteiger partial charge in [0.05, 0.1) is 0 Å². The molecule has 24 heavy (non-hydrogen) atoms. The molecule has 0 spiro atoms. The molecule has 0 amide bonds. The highest BCUT2D eigenvalue weighted by molar-refractivity contribution is 5.66. The zero-order chi connectivity index (χ0) is 16.9. The number of nitrogens with zero attached hydrogens (tertiary/aromatic N) is 2. The quantitative estimate of drug-likeness (QED) is 0.661. The van der Waals surface area contributed by atoms with Crippen molar-refractivity contribution in [2.24, 2.45) is 0 Å². The molecule has 2 N–H and O–H groups in total. The highest BCUT2D eigenvalue weighted by Gasteiger charge is 2.10. The molecule has 2 aromatic carbocycles. The largest absolute Gasteiger partial charge is 0.340 e. The number of benzene rings is 2. The summed E-state index contributed by atoms with van der Waals surface area (Å²) in [7, 11) is 0. The van der Waals surface area contributed by atoms with Crippen molar-refractivity contribution in [1.29, 1.82) is 0 Å². The van der Waals surface area contributed by atoms with Crippen molar-refractivity contribution in [3.05, 3.63) is 71.9 Å². The Balaban J connectivity index is 1.86. The molecule has 1 heterocycles. The van der Waals surface area contributed by atoms with Gasteiger partial charge in [0.1, 0.15) is 5.82 Å². The lowest BCUT2D eigenvalue weighted by Gasteiger charge is -2.17. The van der Waals surface area contributed by atoms with Crippen LogP contribution in [0, 0.1) is 6.92 Å². The van der Waals surface area contributed by atoms with E-state index < -0.39 is 0 Å². The van der Waals surface area contributed by atoms with E-state index in [1.54, 1.807) is 6.20 Å². The predicted octanol–water partition coefficient (Wildman–Crippen LogP) is 5.40. The SMILES string of the molecule is Cc1cccc(C(C)C)c1Nc1ccnc(Nc2ccccc2)n1. The minimum Gasteiger partial charge on any atom is -0.340 e. The van der Waals surface area contributed by atoms with Crippen molar-refractivity contribution in [2.75, 3.05) is 10.6 Å². The number of hydrogen-bond donors (Lipinski definition) is 2. The van der Waals surface area contributed by atoms with E-state index in [0.29, 0.717) is 11.9 Å². The van der Waals surface area contributed by atoms with E-state index in [9.17, 15) is 0 Å². The average molecular weight is 318 g/mol. The molecule has 0 unspecified atom stereocenters. The van der Waals surface area contributed by atoms with Crippen molar-refractivity contribution in [1.82, 2.24) is 9.97 Å². The number of anilines is 4. The molecule has 0 saturated heterocycles. The van der Waals surface area contributed by atoms with Crippen LogP contribution < -0.4 is 10.6 Å². The molecular formula is C20H22N4. The third kappa shape index (κ3) is 3.71. The van der Waals surface area contributed by atoms with Crippen molar-refractivity contribution in [3.63, 3.8) is 0 Å². The third-order valence-electron chi connectivity index (χ3n) is 3.87. The fraction of sp³-hybridized carbons (Fsp3) is 0.200. The molecule has 0 aliphatic heterocycles. The van der Waals surface area contributed by atoms with Gasteiger partial charge in [-0.3, -0.25) is 0 Å². The predicted molar refractivity (Wildman–Crippen MR) is 100 cm³/mol. The van der Waals surface area contributed by atoms with Gasteiger partial charge in [-0.2, -0.15) is 4.98 Å². The average Bonchev–Trinajstić information content (AvgIpc) is 2.58. The smallest absolute Gasteiger partial charge is 0.229 e. The van der Waals surface area contributed by atoms with Gasteiger partial charge in [0.25, 0.3) is 0 Å². The zero-order valence-corrected chi connectivity index (χ0v) is 14.2. The van der Waals surface area contributed by atoms with E-state index in [0.717, 1.165) is 17.2 Å². The van der Waals surface area contributed by atoms with Crippen LogP contribution in [0.1, 0.15) is 30.9 Å². The second-order valence-electron chi connectivity index (χ2n) is 6.08. The lowest BCUT2D eigenvalue weighted by atomic mass is 9.98. The fourth-order valence-corrected chi connectivity index (χ4v) is 2.61. The number of nitrogens with one attached hydrogen (secondary N) is 2. The Morgan fingerprint density at radius 3 is 2.42 bits per heavy atom. The highest BCUT2D eigenvalue weighted by Crippen LogP contribution is 2.29. The van der Waals surface area contributed by atoms with Gasteiger partial charge in [0, 0.05) is 17.6 Å². The van der Waals surface area contributed by atoms with Crippen LogP contribution in [-0.2, 0) is 0 Å². The van der Waals surface area contributed by atoms with E-state index in [2.05, 4.69) is 59.6 Å². The van der Waals surface area contributed by atoms with Gasteiger partial charge in [0.2, 0.25) is 5.95 Å². The summed E-state index contributed by atoms with van der Waals surface area (Å²) in [4.78, 5) is 8.87. The Bertz CT molecular complexity index is 813. The molecule has 4 heteroatoms. The summed E-state index contributed by atoms with van der Waals surface area (Å²) in [5.74, 6) is 1.79. The molecule has 3 aromatic rings. The summed E-state index contributed by atoms with van der Waals surface area (Å²) in [6, 6.07) is 18.2. The van der Waals surface area contributed by atoms with Crippen LogP contribution in [0.3, 0.4) is 0 Å². The molecule has 1 aromatic heterocycles. The van der Waals surface area contributed by atoms with Crippen molar-refractivity contribution >= 4 is 23.1 Å². The molecule has 4 nitrogen and oxygen atoms in total. The zero-order valence-electron chi connectivity index (χ0n) is 14.2. The molecule has 0 saturated carbocycles. The Labute approximate surface area is 143 Å². The van der Waals surface area contributed by atoms with Crippen molar-refractivity contribution < 1.29 is 0 Å². The van der Waals surface area contributed by atoms with Crippen LogP contribution >= 0.6 is 0 Å². The van der Waals surface area contributed by atoms with E-state index in [1.807, 2.05) is 36.4 Å².